The smallest absolute Gasteiger partial charge is 0.126 e. The topological polar surface area (TPSA) is 18.5 Å². The van der Waals surface area contributed by atoms with E-state index >= 15 is 0 Å². The van der Waals surface area contributed by atoms with E-state index in [9.17, 15) is 0 Å². The Bertz CT molecular complexity index is 778. The Kier molecular flexibility index (Phi) is 12.2. The summed E-state index contributed by atoms with van der Waals surface area (Å²) in [6.07, 6.45) is 0. The molecular weight excluding hydrogens is 416 g/mol. The Labute approximate surface area is 213 Å². The molecule has 0 heterocycles. The monoisotopic (exact) mass is 472 g/mol. The van der Waals surface area contributed by atoms with E-state index < -0.39 is 0 Å². The van der Waals surface area contributed by atoms with E-state index in [1.165, 1.54) is 16.7 Å². The average Bonchev–Trinajstić information content (AvgIpc) is 2.64. The number of ether oxygens (including phenoxy) is 2. The fourth-order valence-electron chi connectivity index (χ4n) is 3.52. The first-order chi connectivity index (χ1) is 14.3. The molecule has 0 aliphatic carbocycles. The summed E-state index contributed by atoms with van der Waals surface area (Å²) < 4.78 is 10.7. The van der Waals surface area contributed by atoms with Gasteiger partial charge in [-0.05, 0) is 50.5 Å². The van der Waals surface area contributed by atoms with Gasteiger partial charge in [-0.2, -0.15) is 0 Å². The minimum Gasteiger partial charge on any atom is -0.496 e. The zero-order valence-corrected chi connectivity index (χ0v) is 23.3. The second-order valence-corrected chi connectivity index (χ2v) is 12.8. The minimum absolute atomic E-state index is 0. The summed E-state index contributed by atoms with van der Waals surface area (Å²) in [4.78, 5) is 0. The largest absolute Gasteiger partial charge is 0.496 e. The van der Waals surface area contributed by atoms with Crippen LogP contribution in [0.2, 0.25) is 0 Å². The highest BCUT2D eigenvalue weighted by Gasteiger charge is 2.24. The Morgan fingerprint density at radius 1 is 0.471 bits per heavy atom. The molecule has 0 aliphatic rings. The van der Waals surface area contributed by atoms with Crippen LogP contribution in [-0.2, 0) is 21.7 Å². The molecule has 2 nitrogen and oxygen atoms in total. The second-order valence-electron chi connectivity index (χ2n) is 12.8. The molecule has 0 amide bonds. The molecular formula is C32H56O2. The summed E-state index contributed by atoms with van der Waals surface area (Å²) in [6.45, 7) is 27.1. The highest BCUT2D eigenvalue weighted by Crippen LogP contribution is 2.38. The first-order valence-electron chi connectivity index (χ1n) is 11.7. The molecule has 196 valence electrons. The van der Waals surface area contributed by atoms with Crippen molar-refractivity contribution < 1.29 is 9.47 Å². The van der Waals surface area contributed by atoms with Crippen LogP contribution in [0.15, 0.2) is 36.4 Å². The van der Waals surface area contributed by atoms with Crippen molar-refractivity contribution in [3.63, 3.8) is 0 Å². The number of hydrogen-bond donors (Lipinski definition) is 0. The zero-order valence-electron chi connectivity index (χ0n) is 23.3. The van der Waals surface area contributed by atoms with E-state index in [1.807, 2.05) is 18.2 Å². The molecule has 0 saturated heterocycles. The molecule has 0 fully saturated rings. The fourth-order valence-corrected chi connectivity index (χ4v) is 3.52. The van der Waals surface area contributed by atoms with Gasteiger partial charge in [-0.3, -0.25) is 0 Å². The highest BCUT2D eigenvalue weighted by atomic mass is 16.5. The maximum Gasteiger partial charge on any atom is 0.126 e. The predicted octanol–water partition coefficient (Wildman–Crippen LogP) is 9.85. The number of rotatable bonds is 2. The Morgan fingerprint density at radius 2 is 0.735 bits per heavy atom. The third kappa shape index (κ3) is 9.35. The predicted molar refractivity (Wildman–Crippen MR) is 154 cm³/mol. The molecule has 2 heteroatoms. The molecule has 34 heavy (non-hydrogen) atoms. The fraction of sp³-hybridized carbons (Fsp3) is 0.625. The van der Waals surface area contributed by atoms with Gasteiger partial charge in [-0.1, -0.05) is 122 Å². The molecule has 0 bridgehead atoms. The van der Waals surface area contributed by atoms with Crippen molar-refractivity contribution in [3.8, 4) is 11.5 Å². The lowest BCUT2D eigenvalue weighted by Gasteiger charge is -2.29. The van der Waals surface area contributed by atoms with Crippen molar-refractivity contribution in [1.82, 2.24) is 0 Å². The van der Waals surface area contributed by atoms with Crippen molar-refractivity contribution in [1.29, 1.82) is 0 Å². The summed E-state index contributed by atoms with van der Waals surface area (Å²) >= 11 is 0. The molecule has 0 aromatic heterocycles. The van der Waals surface area contributed by atoms with Gasteiger partial charge in [-0.25, -0.2) is 0 Å². The van der Waals surface area contributed by atoms with Gasteiger partial charge in [0, 0.05) is 5.56 Å². The van der Waals surface area contributed by atoms with Gasteiger partial charge >= 0.3 is 0 Å². The normalized spacial score (nSPS) is 11.9. The summed E-state index contributed by atoms with van der Waals surface area (Å²) in [5.74, 6) is 1.77. The molecule has 0 N–H and O–H groups in total. The SMILES string of the molecule is C.C.CC(C)(C)c1cc(C(C)(C)C)cc(C(C)(C)C)c1.COc1cccc(OC)c1C(C)(C)C. The van der Waals surface area contributed by atoms with Crippen LogP contribution in [0.3, 0.4) is 0 Å². The average molecular weight is 473 g/mol. The molecule has 0 saturated carbocycles. The van der Waals surface area contributed by atoms with E-state index in [1.54, 1.807) is 14.2 Å². The number of benzene rings is 2. The lowest BCUT2D eigenvalue weighted by atomic mass is 9.76. The standard InChI is InChI=1S/C18H30.C12H18O2.2CH4/c1-16(2,3)13-10-14(17(4,5)6)12-15(11-13)18(7,8)9;1-12(2,3)11-9(13-4)7-6-8-10(11)14-5;;/h10-12H,1-9H3;6-8H,1-5H3;2*1H4. The van der Waals surface area contributed by atoms with Crippen molar-refractivity contribution in [3.05, 3.63) is 58.7 Å². The van der Waals surface area contributed by atoms with Gasteiger partial charge in [0.1, 0.15) is 11.5 Å². The van der Waals surface area contributed by atoms with Gasteiger partial charge < -0.3 is 9.47 Å². The maximum absolute atomic E-state index is 5.33. The zero-order chi connectivity index (χ0) is 25.1. The molecule has 0 atom stereocenters. The first-order valence-corrected chi connectivity index (χ1v) is 11.7. The summed E-state index contributed by atoms with van der Waals surface area (Å²) in [6, 6.07) is 13.0. The summed E-state index contributed by atoms with van der Waals surface area (Å²) in [5, 5.41) is 0. The van der Waals surface area contributed by atoms with Gasteiger partial charge in [0.25, 0.3) is 0 Å². The van der Waals surface area contributed by atoms with Crippen molar-refractivity contribution in [2.45, 2.75) is 120 Å². The summed E-state index contributed by atoms with van der Waals surface area (Å²) in [5.41, 5.74) is 6.10. The van der Waals surface area contributed by atoms with Crippen molar-refractivity contribution in [2.24, 2.45) is 0 Å². The van der Waals surface area contributed by atoms with Crippen LogP contribution >= 0.6 is 0 Å². The van der Waals surface area contributed by atoms with E-state index in [-0.39, 0.29) is 36.5 Å². The minimum atomic E-state index is 0. The lowest BCUT2D eigenvalue weighted by molar-refractivity contribution is 0.367. The molecule has 0 unspecified atom stereocenters. The van der Waals surface area contributed by atoms with Crippen LogP contribution in [0.1, 0.15) is 120 Å². The van der Waals surface area contributed by atoms with Gasteiger partial charge in [0.05, 0.1) is 14.2 Å². The second kappa shape index (κ2) is 12.1. The number of hydrogen-bond acceptors (Lipinski definition) is 2. The van der Waals surface area contributed by atoms with E-state index in [0.29, 0.717) is 0 Å². The molecule has 2 aromatic rings. The van der Waals surface area contributed by atoms with E-state index in [2.05, 4.69) is 101 Å². The number of methoxy groups -OCH3 is 2. The van der Waals surface area contributed by atoms with Crippen molar-refractivity contribution in [2.75, 3.05) is 14.2 Å². The summed E-state index contributed by atoms with van der Waals surface area (Å²) in [7, 11) is 3.37. The van der Waals surface area contributed by atoms with Crippen molar-refractivity contribution >= 4 is 0 Å². The Morgan fingerprint density at radius 3 is 0.912 bits per heavy atom. The molecule has 2 rings (SSSR count). The van der Waals surface area contributed by atoms with Crippen LogP contribution < -0.4 is 9.47 Å². The van der Waals surface area contributed by atoms with Crippen LogP contribution in [0.4, 0.5) is 0 Å². The van der Waals surface area contributed by atoms with E-state index in [4.69, 9.17) is 9.47 Å². The molecule has 2 aromatic carbocycles. The van der Waals surface area contributed by atoms with Crippen LogP contribution in [0, 0.1) is 0 Å². The maximum atomic E-state index is 5.33. The quantitative estimate of drug-likeness (QED) is 0.433. The molecule has 0 aliphatic heterocycles. The van der Waals surface area contributed by atoms with E-state index in [0.717, 1.165) is 17.1 Å². The van der Waals surface area contributed by atoms with Crippen LogP contribution in [0.25, 0.3) is 0 Å². The lowest BCUT2D eigenvalue weighted by Crippen LogP contribution is -2.20. The Balaban J connectivity index is 0. The third-order valence-corrected chi connectivity index (χ3v) is 5.71. The molecule has 0 radical (unpaired) electrons. The van der Waals surface area contributed by atoms with Crippen LogP contribution in [-0.4, -0.2) is 14.2 Å². The highest BCUT2D eigenvalue weighted by molar-refractivity contribution is 5.48. The van der Waals surface area contributed by atoms with Gasteiger partial charge in [0.2, 0.25) is 0 Å². The van der Waals surface area contributed by atoms with Gasteiger partial charge in [-0.15, -0.1) is 0 Å². The molecule has 0 spiro atoms. The first kappa shape index (κ1) is 34.2. The van der Waals surface area contributed by atoms with Crippen LogP contribution in [0.5, 0.6) is 11.5 Å². The van der Waals surface area contributed by atoms with Gasteiger partial charge in [0.15, 0.2) is 0 Å². The Hall–Kier alpha value is -1.96. The third-order valence-electron chi connectivity index (χ3n) is 5.71.